The predicted octanol–water partition coefficient (Wildman–Crippen LogP) is 0.598. The Morgan fingerprint density at radius 3 is 2.47 bits per heavy atom. The fourth-order valence-corrected chi connectivity index (χ4v) is 5.03. The molecule has 1 fully saturated rings. The van der Waals surface area contributed by atoms with Gasteiger partial charge in [0.2, 0.25) is 0 Å². The van der Waals surface area contributed by atoms with E-state index in [0.717, 1.165) is 10.6 Å². The molecule has 3 rings (SSSR count). The van der Waals surface area contributed by atoms with E-state index in [2.05, 4.69) is 10.1 Å². The molecular weight excluding hydrogens is 497 g/mol. The minimum Gasteiger partial charge on any atom is -0.462 e. The van der Waals surface area contributed by atoms with E-state index in [4.69, 9.17) is 18.5 Å². The van der Waals surface area contributed by atoms with Crippen molar-refractivity contribution < 1.29 is 38.1 Å². The fourth-order valence-electron chi connectivity index (χ4n) is 3.52. The molecule has 1 aromatic heterocycles. The zero-order valence-electron chi connectivity index (χ0n) is 20.2. The van der Waals surface area contributed by atoms with E-state index < -0.39 is 68.3 Å². The van der Waals surface area contributed by atoms with E-state index in [1.807, 2.05) is 0 Å². The molecule has 0 radical (unpaired) electrons. The van der Waals surface area contributed by atoms with Crippen LogP contribution in [0, 0.1) is 6.92 Å². The first-order chi connectivity index (χ1) is 16.9. The van der Waals surface area contributed by atoms with Gasteiger partial charge in [-0.25, -0.2) is 9.36 Å². The van der Waals surface area contributed by atoms with Gasteiger partial charge in [0.15, 0.2) is 6.23 Å². The molecule has 1 aliphatic heterocycles. The summed E-state index contributed by atoms with van der Waals surface area (Å²) in [6.45, 7) is 5.66. The number of aromatic nitrogens is 2. The summed E-state index contributed by atoms with van der Waals surface area (Å²) in [5, 5.41) is 23.5. The molecule has 198 valence electrons. The van der Waals surface area contributed by atoms with Gasteiger partial charge in [0.1, 0.15) is 30.1 Å². The first-order valence-electron chi connectivity index (χ1n) is 11.2. The van der Waals surface area contributed by atoms with Crippen LogP contribution in [0.1, 0.15) is 32.7 Å². The van der Waals surface area contributed by atoms with Crippen LogP contribution in [0.15, 0.2) is 46.0 Å². The number of aromatic amines is 1. The third-order valence-corrected chi connectivity index (χ3v) is 6.84. The second-order valence-electron chi connectivity index (χ2n) is 8.53. The van der Waals surface area contributed by atoms with Crippen LogP contribution in [-0.2, 0) is 23.4 Å². The summed E-state index contributed by atoms with van der Waals surface area (Å²) in [5.74, 6) is -0.509. The summed E-state index contributed by atoms with van der Waals surface area (Å²) in [7, 11) is -4.25. The molecule has 2 aromatic rings. The molecule has 0 aliphatic carbocycles. The van der Waals surface area contributed by atoms with Gasteiger partial charge in [-0.15, -0.1) is 0 Å². The summed E-state index contributed by atoms with van der Waals surface area (Å²) in [5.41, 5.74) is -1.27. The predicted molar refractivity (Wildman–Crippen MR) is 126 cm³/mol. The number of carbonyl (C=O) groups excluding carboxylic acids is 1. The molecule has 36 heavy (non-hydrogen) atoms. The molecule has 1 saturated heterocycles. The number of para-hydroxylation sites is 1. The number of nitrogens with one attached hydrogen (secondary N) is 2. The molecule has 6 atom stereocenters. The molecule has 0 spiro atoms. The summed E-state index contributed by atoms with van der Waals surface area (Å²) in [6, 6.07) is 8.12. The first-order valence-corrected chi connectivity index (χ1v) is 12.8. The largest absolute Gasteiger partial charge is 0.462 e. The van der Waals surface area contributed by atoms with Crippen molar-refractivity contribution >= 4 is 13.7 Å². The minimum absolute atomic E-state index is 0.180. The summed E-state index contributed by atoms with van der Waals surface area (Å²) in [6.07, 6.45) is -6.10. The number of carbonyl (C=O) groups is 1. The lowest BCUT2D eigenvalue weighted by molar-refractivity contribution is -0.149. The summed E-state index contributed by atoms with van der Waals surface area (Å²) >= 11 is 0. The highest BCUT2D eigenvalue weighted by atomic mass is 31.2. The quantitative estimate of drug-likeness (QED) is 0.251. The second-order valence-corrected chi connectivity index (χ2v) is 10.2. The van der Waals surface area contributed by atoms with E-state index in [-0.39, 0.29) is 11.4 Å². The van der Waals surface area contributed by atoms with E-state index in [1.54, 1.807) is 32.0 Å². The van der Waals surface area contributed by atoms with Crippen LogP contribution in [0.5, 0.6) is 5.75 Å². The topological polar surface area (TPSA) is 178 Å². The van der Waals surface area contributed by atoms with Crippen LogP contribution in [0.4, 0.5) is 0 Å². The maximum Gasteiger partial charge on any atom is 0.459 e. The highest BCUT2D eigenvalue weighted by Crippen LogP contribution is 2.46. The lowest BCUT2D eigenvalue weighted by atomic mass is 10.1. The molecule has 0 saturated carbocycles. The van der Waals surface area contributed by atoms with E-state index in [0.29, 0.717) is 0 Å². The number of aryl methyl sites for hydroxylation is 1. The van der Waals surface area contributed by atoms with Crippen LogP contribution >= 0.6 is 7.75 Å². The zero-order valence-corrected chi connectivity index (χ0v) is 21.1. The second kappa shape index (κ2) is 11.5. The van der Waals surface area contributed by atoms with Crippen LogP contribution in [0.2, 0.25) is 0 Å². The van der Waals surface area contributed by atoms with Gasteiger partial charge in [-0.2, -0.15) is 5.09 Å². The fraction of sp³-hybridized carbons (Fsp3) is 0.500. The Kier molecular flexibility index (Phi) is 8.88. The number of H-pyrrole nitrogens is 1. The van der Waals surface area contributed by atoms with Gasteiger partial charge in [-0.05, 0) is 39.8 Å². The third-order valence-electron chi connectivity index (χ3n) is 5.20. The lowest BCUT2D eigenvalue weighted by Gasteiger charge is -2.25. The lowest BCUT2D eigenvalue weighted by Crippen LogP contribution is -2.39. The monoisotopic (exact) mass is 527 g/mol. The van der Waals surface area contributed by atoms with Gasteiger partial charge in [-0.1, -0.05) is 18.2 Å². The molecule has 1 aromatic carbocycles. The molecule has 4 N–H and O–H groups in total. The zero-order chi connectivity index (χ0) is 26.6. The van der Waals surface area contributed by atoms with E-state index in [1.165, 1.54) is 26.0 Å². The number of rotatable bonds is 10. The molecule has 14 heteroatoms. The van der Waals surface area contributed by atoms with Gasteiger partial charge in [-0.3, -0.25) is 23.7 Å². The number of benzene rings is 1. The summed E-state index contributed by atoms with van der Waals surface area (Å²) < 4.78 is 36.3. The van der Waals surface area contributed by atoms with Crippen molar-refractivity contribution in [3.05, 3.63) is 62.9 Å². The number of hydrogen-bond donors (Lipinski definition) is 4. The van der Waals surface area contributed by atoms with Gasteiger partial charge in [0.05, 0.1) is 12.7 Å². The van der Waals surface area contributed by atoms with Crippen molar-refractivity contribution in [3.8, 4) is 5.75 Å². The Bertz CT molecular complexity index is 1210. The van der Waals surface area contributed by atoms with E-state index >= 15 is 0 Å². The third kappa shape index (κ3) is 6.69. The number of nitrogens with zero attached hydrogens (tertiary/aromatic N) is 1. The number of ether oxygens (including phenoxy) is 2. The van der Waals surface area contributed by atoms with Crippen molar-refractivity contribution in [2.45, 2.75) is 64.4 Å². The van der Waals surface area contributed by atoms with Crippen LogP contribution < -0.4 is 20.9 Å². The maximum absolute atomic E-state index is 13.6. The molecule has 0 bridgehead atoms. The van der Waals surface area contributed by atoms with Gasteiger partial charge >= 0.3 is 19.4 Å². The van der Waals surface area contributed by atoms with Crippen molar-refractivity contribution in [1.29, 1.82) is 0 Å². The molecule has 13 nitrogen and oxygen atoms in total. The molecule has 0 amide bonds. The number of aliphatic hydroxyl groups excluding tert-OH is 2. The molecule has 2 unspecified atom stereocenters. The van der Waals surface area contributed by atoms with Crippen molar-refractivity contribution in [3.63, 3.8) is 0 Å². The highest BCUT2D eigenvalue weighted by molar-refractivity contribution is 7.52. The Morgan fingerprint density at radius 2 is 1.86 bits per heavy atom. The Balaban J connectivity index is 1.78. The number of esters is 1. The van der Waals surface area contributed by atoms with Crippen molar-refractivity contribution in [2.75, 3.05) is 6.61 Å². The Labute approximate surface area is 206 Å². The van der Waals surface area contributed by atoms with Crippen LogP contribution in [-0.4, -0.2) is 62.8 Å². The van der Waals surface area contributed by atoms with Crippen molar-refractivity contribution in [1.82, 2.24) is 14.6 Å². The maximum atomic E-state index is 13.6. The van der Waals surface area contributed by atoms with Gasteiger partial charge in [0.25, 0.3) is 5.56 Å². The molecule has 1 aliphatic rings. The number of aliphatic hydroxyl groups is 2. The standard InChI is InChI=1S/C22H30N3O10P/c1-12(2)33-21(29)14(4)24-36(31,35-15-8-6-5-7-9-15)32-11-16-18(27)19(28)20(34-16)25-13(3)10-17(26)23-22(25)30/h5-10,12,14,16,18-20,27-28H,11H2,1-4H3,(H,24,31)(H,23,26,30)/t14-,16+,18+,19+,20?,36?/m0/s1. The van der Waals surface area contributed by atoms with Crippen molar-refractivity contribution in [2.24, 2.45) is 0 Å². The van der Waals surface area contributed by atoms with E-state index in [9.17, 15) is 29.2 Å². The summed E-state index contributed by atoms with van der Waals surface area (Å²) in [4.78, 5) is 38.1. The molecule has 2 heterocycles. The normalized spacial score (nSPS) is 24.3. The highest BCUT2D eigenvalue weighted by Gasteiger charge is 2.46. The van der Waals surface area contributed by atoms with Gasteiger partial charge < -0.3 is 24.2 Å². The number of hydrogen-bond acceptors (Lipinski definition) is 10. The average molecular weight is 527 g/mol. The SMILES string of the molecule is Cc1cc(=O)[nH]c(=O)n1C1O[C@H](COP(=O)(N[C@@H](C)C(=O)OC(C)C)Oc2ccccc2)[C@@H](O)[C@H]1O. The van der Waals surface area contributed by atoms with Gasteiger partial charge in [0, 0.05) is 11.8 Å². The average Bonchev–Trinajstić information content (AvgIpc) is 3.06. The minimum atomic E-state index is -4.25. The Morgan fingerprint density at radius 1 is 1.19 bits per heavy atom. The van der Waals surface area contributed by atoms with Crippen LogP contribution in [0.3, 0.4) is 0 Å². The molecular formula is C22H30N3O10P. The van der Waals surface area contributed by atoms with Crippen LogP contribution in [0.25, 0.3) is 0 Å². The first kappa shape index (κ1) is 27.8. The smallest absolute Gasteiger partial charge is 0.459 e. The Hall–Kier alpha value is -2.80.